The summed E-state index contributed by atoms with van der Waals surface area (Å²) in [5, 5.41) is 10.8. The molecule has 1 amide bonds. The summed E-state index contributed by atoms with van der Waals surface area (Å²) >= 11 is 5.87. The lowest BCUT2D eigenvalue weighted by atomic mass is 10.1. The topological polar surface area (TPSA) is 59.0 Å². The van der Waals surface area contributed by atoms with Gasteiger partial charge in [-0.1, -0.05) is 30.7 Å². The maximum absolute atomic E-state index is 12.0. The molecule has 0 radical (unpaired) electrons. The summed E-state index contributed by atoms with van der Waals surface area (Å²) < 4.78 is 1.76. The molecule has 0 aliphatic rings. The molecular formula is C15H19ClN4O. The van der Waals surface area contributed by atoms with E-state index < -0.39 is 0 Å². The van der Waals surface area contributed by atoms with Crippen molar-refractivity contribution in [3.63, 3.8) is 0 Å². The van der Waals surface area contributed by atoms with E-state index in [0.717, 1.165) is 5.56 Å². The Hall–Kier alpha value is -1.85. The number of hydrogen-bond acceptors (Lipinski definition) is 3. The van der Waals surface area contributed by atoms with Crippen LogP contribution in [0.2, 0.25) is 5.02 Å². The Bertz CT molecular complexity index is 594. The Labute approximate surface area is 129 Å². The second-order valence-corrected chi connectivity index (χ2v) is 5.38. The van der Waals surface area contributed by atoms with Crippen molar-refractivity contribution >= 4 is 23.3 Å². The van der Waals surface area contributed by atoms with Gasteiger partial charge in [-0.05, 0) is 24.7 Å². The van der Waals surface area contributed by atoms with Crippen molar-refractivity contribution in [2.75, 3.05) is 18.9 Å². The highest BCUT2D eigenvalue weighted by molar-refractivity contribution is 6.30. The molecule has 1 unspecified atom stereocenters. The number of aromatic nitrogens is 2. The number of nitrogens with zero attached hydrogens (tertiary/aromatic N) is 2. The first-order valence-corrected chi connectivity index (χ1v) is 7.19. The number of hydrogen-bond donors (Lipinski definition) is 2. The third-order valence-corrected chi connectivity index (χ3v) is 3.42. The number of benzene rings is 1. The van der Waals surface area contributed by atoms with Crippen molar-refractivity contribution in [2.24, 2.45) is 5.92 Å². The van der Waals surface area contributed by atoms with Gasteiger partial charge in [-0.25, -0.2) is 4.68 Å². The lowest BCUT2D eigenvalue weighted by Crippen LogP contribution is -2.29. The largest absolute Gasteiger partial charge is 0.319 e. The van der Waals surface area contributed by atoms with Gasteiger partial charge in [-0.3, -0.25) is 4.79 Å². The van der Waals surface area contributed by atoms with Crippen LogP contribution in [0.5, 0.6) is 0 Å². The fourth-order valence-electron chi connectivity index (χ4n) is 1.98. The molecule has 1 heterocycles. The van der Waals surface area contributed by atoms with Crippen LogP contribution in [0.4, 0.5) is 5.82 Å². The molecule has 0 bridgehead atoms. The molecule has 0 fully saturated rings. The highest BCUT2D eigenvalue weighted by Crippen LogP contribution is 2.14. The number of rotatable bonds is 6. The Morgan fingerprint density at radius 1 is 1.33 bits per heavy atom. The van der Waals surface area contributed by atoms with Crippen molar-refractivity contribution in [2.45, 2.75) is 13.5 Å². The van der Waals surface area contributed by atoms with Crippen LogP contribution in [0.25, 0.3) is 0 Å². The van der Waals surface area contributed by atoms with Gasteiger partial charge in [0.15, 0.2) is 0 Å². The molecule has 1 aromatic heterocycles. The highest BCUT2D eigenvalue weighted by Gasteiger charge is 2.14. The van der Waals surface area contributed by atoms with Crippen LogP contribution in [0.3, 0.4) is 0 Å². The van der Waals surface area contributed by atoms with E-state index in [1.165, 1.54) is 0 Å². The van der Waals surface area contributed by atoms with Crippen LogP contribution in [-0.4, -0.2) is 29.3 Å². The zero-order valence-electron chi connectivity index (χ0n) is 12.1. The molecule has 0 aliphatic carbocycles. The van der Waals surface area contributed by atoms with E-state index >= 15 is 0 Å². The van der Waals surface area contributed by atoms with E-state index in [2.05, 4.69) is 15.7 Å². The number of anilines is 1. The number of carbonyl (C=O) groups excluding carboxylic acids is 1. The van der Waals surface area contributed by atoms with Gasteiger partial charge in [0.1, 0.15) is 5.82 Å². The number of carbonyl (C=O) groups is 1. The average molecular weight is 307 g/mol. The Morgan fingerprint density at radius 3 is 2.71 bits per heavy atom. The molecule has 0 saturated heterocycles. The molecule has 6 heteroatoms. The van der Waals surface area contributed by atoms with Crippen molar-refractivity contribution in [1.82, 2.24) is 15.1 Å². The van der Waals surface area contributed by atoms with Crippen molar-refractivity contribution < 1.29 is 4.79 Å². The summed E-state index contributed by atoms with van der Waals surface area (Å²) in [6, 6.07) is 9.36. The Morgan fingerprint density at radius 2 is 2.05 bits per heavy atom. The van der Waals surface area contributed by atoms with E-state index in [1.54, 1.807) is 16.9 Å². The average Bonchev–Trinajstić information content (AvgIpc) is 2.89. The minimum atomic E-state index is -0.103. The smallest absolute Gasteiger partial charge is 0.229 e. The molecule has 1 atom stereocenters. The summed E-state index contributed by atoms with van der Waals surface area (Å²) in [5.41, 5.74) is 1.07. The lowest BCUT2D eigenvalue weighted by molar-refractivity contribution is -0.119. The lowest BCUT2D eigenvalue weighted by Gasteiger charge is -2.13. The van der Waals surface area contributed by atoms with Crippen molar-refractivity contribution in [3.05, 3.63) is 47.1 Å². The first-order chi connectivity index (χ1) is 10.1. The first kappa shape index (κ1) is 15.5. The van der Waals surface area contributed by atoms with Crippen LogP contribution >= 0.6 is 11.6 Å². The van der Waals surface area contributed by atoms with Crippen LogP contribution in [-0.2, 0) is 11.3 Å². The standard InChI is InChI=1S/C15H19ClN4O/c1-11(9-17-2)15(21)19-14-7-8-18-20(14)10-12-3-5-13(16)6-4-12/h3-8,11,17H,9-10H2,1-2H3,(H,19,21). The molecule has 2 rings (SSSR count). The van der Waals surface area contributed by atoms with Crippen LogP contribution < -0.4 is 10.6 Å². The summed E-state index contributed by atoms with van der Waals surface area (Å²) in [4.78, 5) is 12.0. The van der Waals surface area contributed by atoms with Gasteiger partial charge in [0.25, 0.3) is 0 Å². The normalized spacial score (nSPS) is 12.1. The van der Waals surface area contributed by atoms with Crippen LogP contribution in [0.15, 0.2) is 36.5 Å². The molecule has 112 valence electrons. The maximum atomic E-state index is 12.0. The summed E-state index contributed by atoms with van der Waals surface area (Å²) in [6.07, 6.45) is 1.67. The summed E-state index contributed by atoms with van der Waals surface area (Å²) in [5.74, 6) is 0.564. The zero-order valence-corrected chi connectivity index (χ0v) is 12.9. The minimum absolute atomic E-state index is 0.0257. The molecule has 2 N–H and O–H groups in total. The molecule has 21 heavy (non-hydrogen) atoms. The molecule has 5 nitrogen and oxygen atoms in total. The molecule has 0 aliphatic heterocycles. The third kappa shape index (κ3) is 4.31. The van der Waals surface area contributed by atoms with Gasteiger partial charge in [0.05, 0.1) is 12.7 Å². The van der Waals surface area contributed by atoms with Gasteiger partial charge in [0.2, 0.25) is 5.91 Å². The number of nitrogens with one attached hydrogen (secondary N) is 2. The number of amides is 1. The second kappa shape index (κ2) is 7.24. The van der Waals surface area contributed by atoms with Crippen LogP contribution in [0, 0.1) is 5.92 Å². The van der Waals surface area contributed by atoms with Gasteiger partial charge < -0.3 is 10.6 Å². The summed E-state index contributed by atoms with van der Waals surface area (Å²) in [7, 11) is 1.83. The SMILES string of the molecule is CNCC(C)C(=O)Nc1ccnn1Cc1ccc(Cl)cc1. The fourth-order valence-corrected chi connectivity index (χ4v) is 2.10. The quantitative estimate of drug-likeness (QED) is 0.861. The molecule has 1 aromatic carbocycles. The monoisotopic (exact) mass is 306 g/mol. The fraction of sp³-hybridized carbons (Fsp3) is 0.333. The van der Waals surface area contributed by atoms with Gasteiger partial charge in [-0.15, -0.1) is 0 Å². The summed E-state index contributed by atoms with van der Waals surface area (Å²) in [6.45, 7) is 3.10. The van der Waals surface area contributed by atoms with Gasteiger partial charge in [0, 0.05) is 23.6 Å². The van der Waals surface area contributed by atoms with E-state index in [0.29, 0.717) is 23.9 Å². The first-order valence-electron chi connectivity index (χ1n) is 6.82. The predicted octanol–water partition coefficient (Wildman–Crippen LogP) is 2.38. The third-order valence-electron chi connectivity index (χ3n) is 3.17. The zero-order chi connectivity index (χ0) is 15.2. The molecule has 0 saturated carbocycles. The van der Waals surface area contributed by atoms with Crippen molar-refractivity contribution in [1.29, 1.82) is 0 Å². The molecular weight excluding hydrogens is 288 g/mol. The minimum Gasteiger partial charge on any atom is -0.319 e. The van der Waals surface area contributed by atoms with Crippen LogP contribution in [0.1, 0.15) is 12.5 Å². The highest BCUT2D eigenvalue weighted by atomic mass is 35.5. The second-order valence-electron chi connectivity index (χ2n) is 4.95. The predicted molar refractivity (Wildman–Crippen MR) is 84.5 cm³/mol. The van der Waals surface area contributed by atoms with E-state index in [9.17, 15) is 4.79 Å². The van der Waals surface area contributed by atoms with Crippen molar-refractivity contribution in [3.8, 4) is 0 Å². The molecule has 0 spiro atoms. The molecule has 2 aromatic rings. The van der Waals surface area contributed by atoms with E-state index in [-0.39, 0.29) is 11.8 Å². The van der Waals surface area contributed by atoms with Gasteiger partial charge >= 0.3 is 0 Å². The van der Waals surface area contributed by atoms with Gasteiger partial charge in [-0.2, -0.15) is 5.10 Å². The Balaban J connectivity index is 2.04. The van der Waals surface area contributed by atoms with E-state index in [1.807, 2.05) is 38.2 Å². The number of halogens is 1. The maximum Gasteiger partial charge on any atom is 0.229 e. The Kier molecular flexibility index (Phi) is 5.36. The van der Waals surface area contributed by atoms with E-state index in [4.69, 9.17) is 11.6 Å².